The van der Waals surface area contributed by atoms with Gasteiger partial charge in [-0.05, 0) is 24.1 Å². The third-order valence-corrected chi connectivity index (χ3v) is 5.49. The van der Waals surface area contributed by atoms with E-state index in [1.54, 1.807) is 6.26 Å². The van der Waals surface area contributed by atoms with Gasteiger partial charge in [0.05, 0.1) is 37.8 Å². The molecule has 3 atom stereocenters. The molecule has 4 rings (SSSR count). The van der Waals surface area contributed by atoms with Crippen molar-refractivity contribution >= 4 is 0 Å². The molecule has 0 amide bonds. The zero-order chi connectivity index (χ0) is 19.2. The van der Waals surface area contributed by atoms with E-state index in [1.807, 2.05) is 12.3 Å². The van der Waals surface area contributed by atoms with E-state index in [0.29, 0.717) is 0 Å². The second kappa shape index (κ2) is 9.20. The van der Waals surface area contributed by atoms with Gasteiger partial charge in [0.15, 0.2) is 0 Å². The maximum Gasteiger partial charge on any atom is 0.0953 e. The second-order valence-electron chi connectivity index (χ2n) is 7.36. The number of hydrogen-bond acceptors (Lipinski definition) is 4. The lowest BCUT2D eigenvalue weighted by Crippen LogP contribution is -2.47. The predicted molar refractivity (Wildman–Crippen MR) is 111 cm³/mol. The van der Waals surface area contributed by atoms with Crippen LogP contribution in [0.3, 0.4) is 0 Å². The summed E-state index contributed by atoms with van der Waals surface area (Å²) < 4.78 is 11.0. The molecule has 4 nitrogen and oxygen atoms in total. The van der Waals surface area contributed by atoms with E-state index in [4.69, 9.17) is 9.15 Å². The van der Waals surface area contributed by atoms with Crippen LogP contribution in [0.25, 0.3) is 0 Å². The molecule has 1 aliphatic heterocycles. The molecule has 1 aliphatic rings. The van der Waals surface area contributed by atoms with Crippen molar-refractivity contribution in [3.05, 3.63) is 95.9 Å². The summed E-state index contributed by atoms with van der Waals surface area (Å²) in [4.78, 5) is 2.54. The first kappa shape index (κ1) is 18.9. The lowest BCUT2D eigenvalue weighted by atomic mass is 9.94. The van der Waals surface area contributed by atoms with Crippen molar-refractivity contribution in [1.82, 2.24) is 10.2 Å². The van der Waals surface area contributed by atoms with Gasteiger partial charge in [0.1, 0.15) is 0 Å². The molecule has 1 fully saturated rings. The largest absolute Gasteiger partial charge is 0.472 e. The molecule has 3 aromatic rings. The van der Waals surface area contributed by atoms with Crippen molar-refractivity contribution in [3.8, 4) is 0 Å². The van der Waals surface area contributed by atoms with Crippen LogP contribution in [-0.4, -0.2) is 37.2 Å². The number of rotatable bonds is 7. The van der Waals surface area contributed by atoms with Crippen molar-refractivity contribution in [2.75, 3.05) is 26.3 Å². The number of nitrogens with one attached hydrogen (secondary N) is 1. The number of hydrogen-bond donors (Lipinski definition) is 1. The first-order valence-corrected chi connectivity index (χ1v) is 10.0. The standard InChI is InChI=1S/C24H28N2O2/c1-19(24(21-10-6-3-7-11-21)26-13-16-27-17-14-26)25-23(22-12-15-28-18-22)20-8-4-2-5-9-20/h2-12,15,18-19,23-25H,13-14,16-17H2,1H3. The Labute approximate surface area is 167 Å². The highest BCUT2D eigenvalue weighted by molar-refractivity contribution is 5.30. The number of ether oxygens (including phenoxy) is 1. The number of morpholine rings is 1. The Hall–Kier alpha value is -2.40. The van der Waals surface area contributed by atoms with Crippen LogP contribution in [0.15, 0.2) is 83.7 Å². The normalized spacial score (nSPS) is 18.5. The number of nitrogens with zero attached hydrogens (tertiary/aromatic N) is 1. The summed E-state index contributed by atoms with van der Waals surface area (Å²) in [6.45, 7) is 5.77. The molecule has 1 N–H and O–H groups in total. The van der Waals surface area contributed by atoms with Gasteiger partial charge in [-0.3, -0.25) is 4.90 Å². The fourth-order valence-electron chi connectivity index (χ4n) is 4.15. The maximum atomic E-state index is 5.60. The van der Waals surface area contributed by atoms with E-state index in [0.717, 1.165) is 31.9 Å². The van der Waals surface area contributed by atoms with Gasteiger partial charge in [-0.25, -0.2) is 0 Å². The van der Waals surface area contributed by atoms with Crippen LogP contribution in [0.4, 0.5) is 0 Å². The Morgan fingerprint density at radius 2 is 1.46 bits per heavy atom. The highest BCUT2D eigenvalue weighted by Crippen LogP contribution is 2.29. The first-order valence-electron chi connectivity index (χ1n) is 10.0. The van der Waals surface area contributed by atoms with E-state index in [-0.39, 0.29) is 18.1 Å². The molecule has 1 aromatic heterocycles. The molecule has 1 saturated heterocycles. The maximum absolute atomic E-state index is 5.60. The SMILES string of the molecule is CC(NC(c1ccccc1)c1ccoc1)C(c1ccccc1)N1CCOCC1. The summed E-state index contributed by atoms with van der Waals surface area (Å²) in [5.74, 6) is 0. The molecular formula is C24H28N2O2. The fraction of sp³-hybridized carbons (Fsp3) is 0.333. The average molecular weight is 377 g/mol. The Bertz CT molecular complexity index is 814. The summed E-state index contributed by atoms with van der Waals surface area (Å²) >= 11 is 0. The van der Waals surface area contributed by atoms with Crippen LogP contribution in [0, 0.1) is 0 Å². The van der Waals surface area contributed by atoms with Crippen LogP contribution in [-0.2, 0) is 4.74 Å². The van der Waals surface area contributed by atoms with Crippen LogP contribution in [0.1, 0.15) is 35.7 Å². The quantitative estimate of drug-likeness (QED) is 0.662. The van der Waals surface area contributed by atoms with E-state index in [2.05, 4.69) is 77.8 Å². The van der Waals surface area contributed by atoms with Gasteiger partial charge >= 0.3 is 0 Å². The fourth-order valence-corrected chi connectivity index (χ4v) is 4.15. The van der Waals surface area contributed by atoms with Gasteiger partial charge < -0.3 is 14.5 Å². The van der Waals surface area contributed by atoms with Gasteiger partial charge in [0.2, 0.25) is 0 Å². The summed E-state index contributed by atoms with van der Waals surface area (Å²) in [6.07, 6.45) is 3.58. The van der Waals surface area contributed by atoms with Crippen molar-refractivity contribution in [2.24, 2.45) is 0 Å². The highest BCUT2D eigenvalue weighted by Gasteiger charge is 2.30. The minimum absolute atomic E-state index is 0.0854. The molecule has 0 saturated carbocycles. The minimum atomic E-state index is 0.0854. The molecular weight excluding hydrogens is 348 g/mol. The van der Waals surface area contributed by atoms with Crippen LogP contribution in [0.5, 0.6) is 0 Å². The van der Waals surface area contributed by atoms with Crippen LogP contribution >= 0.6 is 0 Å². The number of benzene rings is 2. The van der Waals surface area contributed by atoms with E-state index >= 15 is 0 Å². The Kier molecular flexibility index (Phi) is 6.22. The molecule has 0 spiro atoms. The zero-order valence-corrected chi connectivity index (χ0v) is 16.3. The van der Waals surface area contributed by atoms with Gasteiger partial charge in [-0.2, -0.15) is 0 Å². The Balaban J connectivity index is 1.62. The highest BCUT2D eigenvalue weighted by atomic mass is 16.5. The lowest BCUT2D eigenvalue weighted by Gasteiger charge is -2.39. The van der Waals surface area contributed by atoms with Gasteiger partial charge in [-0.1, -0.05) is 60.7 Å². The predicted octanol–water partition coefficient (Wildman–Crippen LogP) is 4.42. The molecule has 146 valence electrons. The molecule has 2 aromatic carbocycles. The summed E-state index contributed by atoms with van der Waals surface area (Å²) in [5, 5.41) is 3.89. The van der Waals surface area contributed by atoms with Crippen molar-refractivity contribution < 1.29 is 9.15 Å². The third-order valence-electron chi connectivity index (χ3n) is 5.49. The molecule has 28 heavy (non-hydrogen) atoms. The van der Waals surface area contributed by atoms with Crippen molar-refractivity contribution in [2.45, 2.75) is 25.0 Å². The summed E-state index contributed by atoms with van der Waals surface area (Å²) in [7, 11) is 0. The monoisotopic (exact) mass is 376 g/mol. The van der Waals surface area contributed by atoms with E-state index in [1.165, 1.54) is 11.1 Å². The molecule has 3 unspecified atom stereocenters. The van der Waals surface area contributed by atoms with Crippen LogP contribution in [0.2, 0.25) is 0 Å². The average Bonchev–Trinajstić information content (AvgIpc) is 3.29. The molecule has 0 radical (unpaired) electrons. The molecule has 4 heteroatoms. The summed E-state index contributed by atoms with van der Waals surface area (Å²) in [6, 6.07) is 24.0. The third kappa shape index (κ3) is 4.36. The Morgan fingerprint density at radius 1 is 0.821 bits per heavy atom. The first-order chi connectivity index (χ1) is 13.8. The lowest BCUT2D eigenvalue weighted by molar-refractivity contribution is 0.00806. The molecule has 0 aliphatic carbocycles. The van der Waals surface area contributed by atoms with Crippen molar-refractivity contribution in [1.29, 1.82) is 0 Å². The Morgan fingerprint density at radius 3 is 2.07 bits per heavy atom. The van der Waals surface area contributed by atoms with Crippen molar-refractivity contribution in [3.63, 3.8) is 0 Å². The summed E-state index contributed by atoms with van der Waals surface area (Å²) in [5.41, 5.74) is 3.72. The zero-order valence-electron chi connectivity index (χ0n) is 16.3. The van der Waals surface area contributed by atoms with Gasteiger partial charge in [0.25, 0.3) is 0 Å². The van der Waals surface area contributed by atoms with E-state index < -0.39 is 0 Å². The van der Waals surface area contributed by atoms with E-state index in [9.17, 15) is 0 Å². The smallest absolute Gasteiger partial charge is 0.0953 e. The molecule has 0 bridgehead atoms. The van der Waals surface area contributed by atoms with Gasteiger partial charge in [0, 0.05) is 24.7 Å². The molecule has 2 heterocycles. The minimum Gasteiger partial charge on any atom is -0.472 e. The van der Waals surface area contributed by atoms with Gasteiger partial charge in [-0.15, -0.1) is 0 Å². The topological polar surface area (TPSA) is 37.6 Å². The van der Waals surface area contributed by atoms with Crippen LogP contribution < -0.4 is 5.32 Å². The second-order valence-corrected chi connectivity index (χ2v) is 7.36. The number of furan rings is 1.